The monoisotopic (exact) mass is 238 g/mol. The highest BCUT2D eigenvalue weighted by molar-refractivity contribution is 6.03. The van der Waals surface area contributed by atoms with E-state index in [0.29, 0.717) is 24.5 Å². The Morgan fingerprint density at radius 3 is 2.53 bits per heavy atom. The molecular weight excluding hydrogens is 220 g/mol. The van der Waals surface area contributed by atoms with E-state index < -0.39 is 5.60 Å². The highest BCUT2D eigenvalue weighted by Crippen LogP contribution is 2.22. The van der Waals surface area contributed by atoms with E-state index in [-0.39, 0.29) is 5.78 Å². The second-order valence-electron chi connectivity index (χ2n) is 4.23. The largest absolute Gasteiger partial charge is 0.490 e. The lowest BCUT2D eigenvalue weighted by Gasteiger charge is -2.18. The molecule has 0 saturated carbocycles. The smallest absolute Gasteiger partial charge is 0.197 e. The minimum absolute atomic E-state index is 0.356. The van der Waals surface area contributed by atoms with Crippen LogP contribution in [-0.4, -0.2) is 36.8 Å². The van der Waals surface area contributed by atoms with E-state index in [1.54, 1.807) is 31.4 Å². The quantitative estimate of drug-likeness (QED) is 0.605. The Labute approximate surface area is 101 Å². The fourth-order valence-electron chi connectivity index (χ4n) is 1.34. The molecule has 1 aromatic rings. The maximum atomic E-state index is 12.0. The van der Waals surface area contributed by atoms with Crippen molar-refractivity contribution in [3.63, 3.8) is 0 Å². The van der Waals surface area contributed by atoms with Crippen molar-refractivity contribution in [3.05, 3.63) is 29.8 Å². The molecule has 0 unspecified atom stereocenters. The predicted molar refractivity (Wildman–Crippen MR) is 64.4 cm³/mol. The molecule has 0 aliphatic carbocycles. The first-order valence-electron chi connectivity index (χ1n) is 5.44. The normalized spacial score (nSPS) is 11.3. The van der Waals surface area contributed by atoms with Gasteiger partial charge in [-0.3, -0.25) is 4.79 Å². The van der Waals surface area contributed by atoms with Crippen molar-refractivity contribution >= 4 is 5.78 Å². The summed E-state index contributed by atoms with van der Waals surface area (Å²) in [6.45, 7) is 3.74. The molecule has 4 nitrogen and oxygen atoms in total. The molecule has 4 heteroatoms. The molecule has 0 bridgehead atoms. The number of carbonyl (C=O) groups excluding carboxylic acids is 1. The molecule has 0 saturated heterocycles. The fourth-order valence-corrected chi connectivity index (χ4v) is 1.34. The molecule has 0 radical (unpaired) electrons. The van der Waals surface area contributed by atoms with Crippen LogP contribution < -0.4 is 4.74 Å². The van der Waals surface area contributed by atoms with E-state index in [1.165, 1.54) is 13.8 Å². The van der Waals surface area contributed by atoms with Crippen LogP contribution in [0, 0.1) is 0 Å². The van der Waals surface area contributed by atoms with Gasteiger partial charge in [0, 0.05) is 7.11 Å². The zero-order valence-electron chi connectivity index (χ0n) is 10.4. The number of carbonyl (C=O) groups is 1. The summed E-state index contributed by atoms with van der Waals surface area (Å²) in [4.78, 5) is 12.0. The van der Waals surface area contributed by atoms with Gasteiger partial charge in [-0.05, 0) is 26.0 Å². The van der Waals surface area contributed by atoms with Crippen molar-refractivity contribution in [2.24, 2.45) is 0 Å². The van der Waals surface area contributed by atoms with Gasteiger partial charge in [-0.15, -0.1) is 0 Å². The van der Waals surface area contributed by atoms with Crippen LogP contribution in [0.2, 0.25) is 0 Å². The van der Waals surface area contributed by atoms with Crippen molar-refractivity contribution in [1.82, 2.24) is 0 Å². The lowest BCUT2D eigenvalue weighted by molar-refractivity contribution is 0.0482. The summed E-state index contributed by atoms with van der Waals surface area (Å²) < 4.78 is 10.3. The number of ether oxygens (including phenoxy) is 2. The molecule has 0 aliphatic rings. The average molecular weight is 238 g/mol. The Balaban J connectivity index is 2.88. The average Bonchev–Trinajstić information content (AvgIpc) is 2.28. The molecule has 0 fully saturated rings. The van der Waals surface area contributed by atoms with Gasteiger partial charge >= 0.3 is 0 Å². The molecular formula is C13H18O4. The van der Waals surface area contributed by atoms with Gasteiger partial charge in [-0.25, -0.2) is 0 Å². The number of hydrogen-bond donors (Lipinski definition) is 1. The summed E-state index contributed by atoms with van der Waals surface area (Å²) in [6.07, 6.45) is 0. The predicted octanol–water partition coefficient (Wildman–Crippen LogP) is 1.67. The molecule has 0 amide bonds. The van der Waals surface area contributed by atoms with E-state index in [9.17, 15) is 9.90 Å². The molecule has 1 aromatic carbocycles. The zero-order valence-corrected chi connectivity index (χ0v) is 10.4. The molecule has 0 spiro atoms. The third-order valence-electron chi connectivity index (χ3n) is 2.23. The molecule has 1 N–H and O–H groups in total. The summed E-state index contributed by atoms with van der Waals surface area (Å²) in [5.74, 6) is 0.113. The lowest BCUT2D eigenvalue weighted by Crippen LogP contribution is -2.31. The Kier molecular flexibility index (Phi) is 4.66. The Bertz CT molecular complexity index is 379. The highest BCUT2D eigenvalue weighted by Gasteiger charge is 2.27. The standard InChI is InChI=1S/C13H18O4/c1-13(2,15)12(14)10-6-4-5-7-11(10)17-9-8-16-3/h4-7,15H,8-9H2,1-3H3. The number of hydrogen-bond acceptors (Lipinski definition) is 4. The first-order chi connectivity index (χ1) is 7.96. The van der Waals surface area contributed by atoms with Gasteiger partial charge in [0.15, 0.2) is 5.78 Å². The van der Waals surface area contributed by atoms with Gasteiger partial charge < -0.3 is 14.6 Å². The van der Waals surface area contributed by atoms with Crippen LogP contribution in [-0.2, 0) is 4.74 Å². The summed E-state index contributed by atoms with van der Waals surface area (Å²) in [5, 5.41) is 9.71. The Hall–Kier alpha value is -1.39. The fraction of sp³-hybridized carbons (Fsp3) is 0.462. The van der Waals surface area contributed by atoms with Gasteiger partial charge in [-0.2, -0.15) is 0 Å². The molecule has 17 heavy (non-hydrogen) atoms. The molecule has 0 atom stereocenters. The minimum Gasteiger partial charge on any atom is -0.490 e. The SMILES string of the molecule is COCCOc1ccccc1C(=O)C(C)(C)O. The first-order valence-corrected chi connectivity index (χ1v) is 5.44. The number of Topliss-reactive ketones (excluding diaryl/α,β-unsaturated/α-hetero) is 1. The summed E-state index contributed by atoms with van der Waals surface area (Å²) in [7, 11) is 1.58. The van der Waals surface area contributed by atoms with E-state index >= 15 is 0 Å². The number of methoxy groups -OCH3 is 1. The molecule has 0 heterocycles. The van der Waals surface area contributed by atoms with Gasteiger partial charge in [0.2, 0.25) is 0 Å². The van der Waals surface area contributed by atoms with Crippen molar-refractivity contribution in [2.75, 3.05) is 20.3 Å². The van der Waals surface area contributed by atoms with Gasteiger partial charge in [0.25, 0.3) is 0 Å². The van der Waals surface area contributed by atoms with Crippen LogP contribution in [0.1, 0.15) is 24.2 Å². The van der Waals surface area contributed by atoms with E-state index in [0.717, 1.165) is 0 Å². The van der Waals surface area contributed by atoms with Gasteiger partial charge in [0.05, 0.1) is 12.2 Å². The van der Waals surface area contributed by atoms with E-state index in [2.05, 4.69) is 0 Å². The third-order valence-corrected chi connectivity index (χ3v) is 2.23. The topological polar surface area (TPSA) is 55.8 Å². The lowest BCUT2D eigenvalue weighted by atomic mass is 9.96. The van der Waals surface area contributed by atoms with E-state index in [1.807, 2.05) is 0 Å². The van der Waals surface area contributed by atoms with Crippen LogP contribution in [0.4, 0.5) is 0 Å². The zero-order chi connectivity index (χ0) is 12.9. The summed E-state index contributed by atoms with van der Waals surface area (Å²) >= 11 is 0. The molecule has 1 rings (SSSR count). The third kappa shape index (κ3) is 3.84. The Morgan fingerprint density at radius 2 is 1.94 bits per heavy atom. The molecule has 94 valence electrons. The van der Waals surface area contributed by atoms with Crippen LogP contribution in [0.3, 0.4) is 0 Å². The summed E-state index contributed by atoms with van der Waals surface area (Å²) in [5.41, 5.74) is -1.02. The van der Waals surface area contributed by atoms with Crippen LogP contribution in [0.5, 0.6) is 5.75 Å². The Morgan fingerprint density at radius 1 is 1.29 bits per heavy atom. The number of rotatable bonds is 6. The first kappa shape index (κ1) is 13.7. The number of aliphatic hydroxyl groups is 1. The number of benzene rings is 1. The number of para-hydroxylation sites is 1. The van der Waals surface area contributed by atoms with E-state index in [4.69, 9.17) is 9.47 Å². The van der Waals surface area contributed by atoms with Crippen LogP contribution in [0.25, 0.3) is 0 Å². The van der Waals surface area contributed by atoms with Gasteiger partial charge in [0.1, 0.15) is 18.0 Å². The second-order valence-corrected chi connectivity index (χ2v) is 4.23. The van der Waals surface area contributed by atoms with Crippen molar-refractivity contribution in [3.8, 4) is 5.75 Å². The highest BCUT2D eigenvalue weighted by atomic mass is 16.5. The van der Waals surface area contributed by atoms with Crippen LogP contribution in [0.15, 0.2) is 24.3 Å². The minimum atomic E-state index is -1.40. The van der Waals surface area contributed by atoms with Crippen molar-refractivity contribution in [2.45, 2.75) is 19.4 Å². The number of ketones is 1. The molecule has 0 aliphatic heterocycles. The van der Waals surface area contributed by atoms with Gasteiger partial charge in [-0.1, -0.05) is 12.1 Å². The maximum Gasteiger partial charge on any atom is 0.197 e. The van der Waals surface area contributed by atoms with Crippen molar-refractivity contribution in [1.29, 1.82) is 0 Å². The molecule has 0 aromatic heterocycles. The summed E-state index contributed by atoms with van der Waals surface area (Å²) in [6, 6.07) is 6.86. The second kappa shape index (κ2) is 5.80. The van der Waals surface area contributed by atoms with Crippen molar-refractivity contribution < 1.29 is 19.4 Å². The maximum absolute atomic E-state index is 12.0. The van der Waals surface area contributed by atoms with Crippen LogP contribution >= 0.6 is 0 Å².